The van der Waals surface area contributed by atoms with Gasteiger partial charge in [0.1, 0.15) is 23.1 Å². The molecule has 1 atom stereocenters. The molecule has 8 heteroatoms. The minimum absolute atomic E-state index is 0.129. The monoisotopic (exact) mass is 421 g/mol. The van der Waals surface area contributed by atoms with E-state index in [0.29, 0.717) is 28.8 Å². The molecule has 1 N–H and O–H groups in total. The number of fused-ring (bicyclic) bond motifs is 2. The quantitative estimate of drug-likeness (QED) is 0.466. The van der Waals surface area contributed by atoms with Crippen molar-refractivity contribution in [3.05, 3.63) is 59.8 Å². The van der Waals surface area contributed by atoms with E-state index in [9.17, 15) is 4.79 Å². The lowest BCUT2D eigenvalue weighted by Crippen LogP contribution is -2.24. The van der Waals surface area contributed by atoms with Crippen molar-refractivity contribution >= 4 is 28.8 Å². The second-order valence-electron chi connectivity index (χ2n) is 7.15. The van der Waals surface area contributed by atoms with Gasteiger partial charge < -0.3 is 19.0 Å². The SMILES string of the molecule is C[C@@H]1Cc2cc(-c3cc(CNC(=O)CSc4nc5ccccc5o4)no3)ccc2O1. The van der Waals surface area contributed by atoms with Crippen LogP contribution in [0.4, 0.5) is 0 Å². The van der Waals surface area contributed by atoms with Crippen molar-refractivity contribution < 1.29 is 18.5 Å². The van der Waals surface area contributed by atoms with Gasteiger partial charge in [-0.1, -0.05) is 29.1 Å². The van der Waals surface area contributed by atoms with E-state index in [2.05, 4.69) is 28.4 Å². The molecule has 1 amide bonds. The molecule has 4 aromatic rings. The average Bonchev–Trinajstić information content (AvgIpc) is 3.46. The van der Waals surface area contributed by atoms with Crippen molar-refractivity contribution in [3.63, 3.8) is 0 Å². The molecular formula is C22H19N3O4S. The lowest BCUT2D eigenvalue weighted by molar-refractivity contribution is -0.118. The van der Waals surface area contributed by atoms with Crippen molar-refractivity contribution in [1.82, 2.24) is 15.5 Å². The van der Waals surface area contributed by atoms with Crippen LogP contribution in [0.3, 0.4) is 0 Å². The number of oxazole rings is 1. The molecule has 0 saturated heterocycles. The number of benzene rings is 2. The topological polar surface area (TPSA) is 90.4 Å². The zero-order valence-electron chi connectivity index (χ0n) is 16.3. The van der Waals surface area contributed by atoms with Crippen LogP contribution in [0.5, 0.6) is 5.75 Å². The van der Waals surface area contributed by atoms with Crippen molar-refractivity contribution in [2.45, 2.75) is 31.2 Å². The molecule has 1 aliphatic heterocycles. The maximum absolute atomic E-state index is 12.2. The van der Waals surface area contributed by atoms with Crippen LogP contribution in [-0.4, -0.2) is 27.9 Å². The summed E-state index contributed by atoms with van der Waals surface area (Å²) in [6, 6.07) is 15.3. The van der Waals surface area contributed by atoms with Gasteiger partial charge in [-0.15, -0.1) is 0 Å². The third-order valence-electron chi connectivity index (χ3n) is 4.81. The third kappa shape index (κ3) is 3.91. The molecule has 0 fully saturated rings. The van der Waals surface area contributed by atoms with Gasteiger partial charge in [0.15, 0.2) is 11.3 Å². The second kappa shape index (κ2) is 7.87. The molecule has 1 aliphatic rings. The number of hydrogen-bond donors (Lipinski definition) is 1. The van der Waals surface area contributed by atoms with Crippen LogP contribution in [0.2, 0.25) is 0 Å². The number of para-hydroxylation sites is 2. The molecule has 0 bridgehead atoms. The van der Waals surface area contributed by atoms with Crippen LogP contribution >= 0.6 is 11.8 Å². The fraction of sp³-hybridized carbons (Fsp3) is 0.227. The summed E-state index contributed by atoms with van der Waals surface area (Å²) in [5, 5.41) is 7.38. The van der Waals surface area contributed by atoms with E-state index >= 15 is 0 Å². The zero-order valence-corrected chi connectivity index (χ0v) is 17.1. The predicted molar refractivity (Wildman–Crippen MR) is 112 cm³/mol. The number of ether oxygens (including phenoxy) is 1. The summed E-state index contributed by atoms with van der Waals surface area (Å²) in [6.45, 7) is 2.35. The first-order valence-electron chi connectivity index (χ1n) is 9.65. The summed E-state index contributed by atoms with van der Waals surface area (Å²) < 4.78 is 16.8. The van der Waals surface area contributed by atoms with E-state index in [-0.39, 0.29) is 17.8 Å². The third-order valence-corrected chi connectivity index (χ3v) is 5.64. The number of carbonyl (C=O) groups is 1. The Hall–Kier alpha value is -3.26. The Labute approximate surface area is 176 Å². The van der Waals surface area contributed by atoms with Crippen molar-refractivity contribution in [1.29, 1.82) is 0 Å². The van der Waals surface area contributed by atoms with E-state index < -0.39 is 0 Å². The Morgan fingerprint density at radius 3 is 3.03 bits per heavy atom. The highest BCUT2D eigenvalue weighted by molar-refractivity contribution is 7.99. The van der Waals surface area contributed by atoms with Gasteiger partial charge in [-0.3, -0.25) is 4.79 Å². The van der Waals surface area contributed by atoms with Gasteiger partial charge >= 0.3 is 0 Å². The standard InChI is InChI=1S/C22H19N3O4S/c1-13-8-15-9-14(6-7-18(15)27-13)20-10-16(25-29-20)11-23-21(26)12-30-22-24-17-4-2-3-5-19(17)28-22/h2-7,9-10,13H,8,11-12H2,1H3,(H,23,26)/t13-/m1/s1. The van der Waals surface area contributed by atoms with Gasteiger partial charge in [0.05, 0.1) is 12.3 Å². The normalized spacial score (nSPS) is 15.2. The Bertz CT molecular complexity index is 1180. The molecule has 0 spiro atoms. The van der Waals surface area contributed by atoms with E-state index in [4.69, 9.17) is 13.7 Å². The summed E-state index contributed by atoms with van der Waals surface area (Å²) >= 11 is 1.26. The van der Waals surface area contributed by atoms with Crippen molar-refractivity contribution in [2.24, 2.45) is 0 Å². The van der Waals surface area contributed by atoms with Crippen molar-refractivity contribution in [3.8, 4) is 17.1 Å². The van der Waals surface area contributed by atoms with Crippen LogP contribution in [0, 0.1) is 0 Å². The van der Waals surface area contributed by atoms with Crippen LogP contribution < -0.4 is 10.1 Å². The maximum Gasteiger partial charge on any atom is 0.257 e. The molecule has 0 unspecified atom stereocenters. The molecule has 152 valence electrons. The van der Waals surface area contributed by atoms with E-state index in [1.165, 1.54) is 17.3 Å². The average molecular weight is 421 g/mol. The molecule has 3 heterocycles. The Kier molecular flexibility index (Phi) is 4.92. The van der Waals surface area contributed by atoms with Gasteiger partial charge in [0.2, 0.25) is 5.91 Å². The summed E-state index contributed by atoms with van der Waals surface area (Å²) in [6.07, 6.45) is 1.08. The summed E-state index contributed by atoms with van der Waals surface area (Å²) in [5.74, 6) is 1.67. The number of carbonyl (C=O) groups excluding carboxylic acids is 1. The lowest BCUT2D eigenvalue weighted by atomic mass is 10.1. The first kappa shape index (κ1) is 18.7. The highest BCUT2D eigenvalue weighted by atomic mass is 32.2. The molecule has 0 radical (unpaired) electrons. The van der Waals surface area contributed by atoms with E-state index in [0.717, 1.165) is 23.3 Å². The Morgan fingerprint density at radius 2 is 2.13 bits per heavy atom. The number of amides is 1. The summed E-state index contributed by atoms with van der Waals surface area (Å²) in [4.78, 5) is 16.5. The number of thioether (sulfide) groups is 1. The molecule has 2 aromatic heterocycles. The number of aromatic nitrogens is 2. The Morgan fingerprint density at radius 1 is 1.23 bits per heavy atom. The fourth-order valence-electron chi connectivity index (χ4n) is 3.39. The van der Waals surface area contributed by atoms with Crippen molar-refractivity contribution in [2.75, 3.05) is 5.75 Å². The van der Waals surface area contributed by atoms with Crippen LogP contribution in [0.25, 0.3) is 22.4 Å². The van der Waals surface area contributed by atoms with E-state index in [1.807, 2.05) is 42.5 Å². The minimum Gasteiger partial charge on any atom is -0.490 e. The molecule has 0 aliphatic carbocycles. The molecule has 0 saturated carbocycles. The zero-order chi connectivity index (χ0) is 20.5. The van der Waals surface area contributed by atoms with Crippen LogP contribution in [0.15, 0.2) is 62.7 Å². The molecule has 2 aromatic carbocycles. The highest BCUT2D eigenvalue weighted by Crippen LogP contribution is 2.33. The molecule has 7 nitrogen and oxygen atoms in total. The molecule has 30 heavy (non-hydrogen) atoms. The highest BCUT2D eigenvalue weighted by Gasteiger charge is 2.20. The summed E-state index contributed by atoms with van der Waals surface area (Å²) in [7, 11) is 0. The molecule has 5 rings (SSSR count). The first-order valence-corrected chi connectivity index (χ1v) is 10.6. The van der Waals surface area contributed by atoms with E-state index in [1.54, 1.807) is 0 Å². The van der Waals surface area contributed by atoms with Gasteiger partial charge in [0, 0.05) is 18.1 Å². The minimum atomic E-state index is -0.129. The smallest absolute Gasteiger partial charge is 0.257 e. The predicted octanol–water partition coefficient (Wildman–Crippen LogP) is 4.21. The fourth-order valence-corrected chi connectivity index (χ4v) is 4.05. The van der Waals surface area contributed by atoms with Crippen LogP contribution in [0.1, 0.15) is 18.2 Å². The number of hydrogen-bond acceptors (Lipinski definition) is 7. The lowest BCUT2D eigenvalue weighted by Gasteiger charge is -2.02. The summed E-state index contributed by atoms with van der Waals surface area (Å²) in [5.41, 5.74) is 4.27. The maximum atomic E-state index is 12.2. The Balaban J connectivity index is 1.16. The largest absolute Gasteiger partial charge is 0.490 e. The van der Waals surface area contributed by atoms with Gasteiger partial charge in [0.25, 0.3) is 5.22 Å². The second-order valence-corrected chi connectivity index (χ2v) is 8.08. The van der Waals surface area contributed by atoms with Gasteiger partial charge in [-0.2, -0.15) is 0 Å². The first-order chi connectivity index (χ1) is 14.6. The van der Waals surface area contributed by atoms with Crippen LogP contribution in [-0.2, 0) is 17.8 Å². The molecular weight excluding hydrogens is 402 g/mol. The van der Waals surface area contributed by atoms with Gasteiger partial charge in [-0.25, -0.2) is 4.98 Å². The van der Waals surface area contributed by atoms with Gasteiger partial charge in [-0.05, 0) is 42.8 Å². The number of rotatable bonds is 6. The number of nitrogens with zero attached hydrogens (tertiary/aromatic N) is 2. The number of nitrogens with one attached hydrogen (secondary N) is 1.